The Morgan fingerprint density at radius 3 is 2.39 bits per heavy atom. The summed E-state index contributed by atoms with van der Waals surface area (Å²) in [5.74, 6) is 0.428. The van der Waals surface area contributed by atoms with Crippen LogP contribution in [0.2, 0.25) is 0 Å². The van der Waals surface area contributed by atoms with Crippen molar-refractivity contribution in [1.82, 2.24) is 20.0 Å². The number of hydrogen-bond acceptors (Lipinski definition) is 7. The molecule has 1 aromatic carbocycles. The van der Waals surface area contributed by atoms with Crippen LogP contribution in [-0.4, -0.2) is 52.8 Å². The van der Waals surface area contributed by atoms with Crippen molar-refractivity contribution in [3.8, 4) is 6.07 Å². The summed E-state index contributed by atoms with van der Waals surface area (Å²) in [7, 11) is 1.77. The van der Waals surface area contributed by atoms with Crippen LogP contribution in [0.15, 0.2) is 24.4 Å². The van der Waals surface area contributed by atoms with Gasteiger partial charge in [0.25, 0.3) is 0 Å². The van der Waals surface area contributed by atoms with E-state index in [4.69, 9.17) is 9.84 Å². The lowest BCUT2D eigenvalue weighted by molar-refractivity contribution is 0.0105. The van der Waals surface area contributed by atoms with E-state index < -0.39 is 11.1 Å². The van der Waals surface area contributed by atoms with Gasteiger partial charge in [-0.2, -0.15) is 10.4 Å². The summed E-state index contributed by atoms with van der Waals surface area (Å²) in [6, 6.07) is 8.37. The molecule has 1 amide bonds. The molecule has 2 heterocycles. The molecule has 2 N–H and O–H groups in total. The maximum Gasteiger partial charge on any atom is 0.410 e. The SMILES string of the molecule is CN/C=C\c1c(C=O)c(Nc2cc(C)cc(C)c2)nn1C1(CC#N)CCN(C(=O)OC(C)(C)C)CC1. The molecular formula is C27H36N6O3. The van der Waals surface area contributed by atoms with Gasteiger partial charge in [0.1, 0.15) is 5.60 Å². The van der Waals surface area contributed by atoms with E-state index in [-0.39, 0.29) is 12.5 Å². The van der Waals surface area contributed by atoms with Crippen molar-refractivity contribution in [1.29, 1.82) is 5.26 Å². The van der Waals surface area contributed by atoms with Gasteiger partial charge in [-0.1, -0.05) is 6.07 Å². The van der Waals surface area contributed by atoms with Crippen LogP contribution in [-0.2, 0) is 10.3 Å². The average Bonchev–Trinajstić information content (AvgIpc) is 3.14. The topological polar surface area (TPSA) is 112 Å². The third-order valence-electron chi connectivity index (χ3n) is 6.17. The van der Waals surface area contributed by atoms with Gasteiger partial charge in [-0.05, 0) is 83.0 Å². The molecule has 9 heteroatoms. The average molecular weight is 493 g/mol. The molecule has 0 aliphatic carbocycles. The maximum absolute atomic E-state index is 12.6. The Kier molecular flexibility index (Phi) is 8.08. The first-order valence-corrected chi connectivity index (χ1v) is 12.1. The van der Waals surface area contributed by atoms with Crippen molar-refractivity contribution in [2.45, 2.75) is 65.0 Å². The Hall–Kier alpha value is -3.80. The normalized spacial score (nSPS) is 15.4. The molecule has 0 bridgehead atoms. The quantitative estimate of drug-likeness (QED) is 0.529. The van der Waals surface area contributed by atoms with E-state index in [1.807, 2.05) is 46.8 Å². The molecule has 0 radical (unpaired) electrons. The van der Waals surface area contributed by atoms with Crippen LogP contribution in [0.5, 0.6) is 0 Å². The number of aromatic nitrogens is 2. The van der Waals surface area contributed by atoms with Gasteiger partial charge < -0.3 is 20.3 Å². The first-order chi connectivity index (χ1) is 17.0. The van der Waals surface area contributed by atoms with Gasteiger partial charge in [0.2, 0.25) is 0 Å². The molecule has 1 aromatic heterocycles. The van der Waals surface area contributed by atoms with Gasteiger partial charge in [0.15, 0.2) is 12.1 Å². The Morgan fingerprint density at radius 2 is 1.86 bits per heavy atom. The third-order valence-corrected chi connectivity index (χ3v) is 6.17. The lowest BCUT2D eigenvalue weighted by Gasteiger charge is -2.41. The molecule has 192 valence electrons. The second kappa shape index (κ2) is 10.9. The second-order valence-electron chi connectivity index (χ2n) is 10.3. The lowest BCUT2D eigenvalue weighted by atomic mass is 9.84. The fourth-order valence-corrected chi connectivity index (χ4v) is 4.56. The minimum atomic E-state index is -0.680. The number of piperidine rings is 1. The van der Waals surface area contributed by atoms with E-state index in [9.17, 15) is 14.9 Å². The first-order valence-electron chi connectivity index (χ1n) is 12.1. The number of likely N-dealkylation sites (tertiary alicyclic amines) is 1. The molecule has 2 aromatic rings. The van der Waals surface area contributed by atoms with Crippen molar-refractivity contribution < 1.29 is 14.3 Å². The van der Waals surface area contributed by atoms with Gasteiger partial charge in [0.05, 0.1) is 29.3 Å². The number of nitrogens with zero attached hydrogens (tertiary/aromatic N) is 4. The van der Waals surface area contributed by atoms with E-state index >= 15 is 0 Å². The summed E-state index contributed by atoms with van der Waals surface area (Å²) in [5.41, 5.74) is 2.77. The van der Waals surface area contributed by atoms with Gasteiger partial charge >= 0.3 is 6.09 Å². The molecule has 0 saturated carbocycles. The molecule has 1 aliphatic rings. The molecule has 36 heavy (non-hydrogen) atoms. The van der Waals surface area contributed by atoms with E-state index in [1.165, 1.54) is 0 Å². The van der Waals surface area contributed by atoms with Gasteiger partial charge in [-0.25, -0.2) is 4.79 Å². The monoisotopic (exact) mass is 492 g/mol. The Labute approximate surface area is 213 Å². The molecule has 1 fully saturated rings. The highest BCUT2D eigenvalue weighted by atomic mass is 16.6. The highest BCUT2D eigenvalue weighted by molar-refractivity contribution is 5.89. The number of nitrogens with one attached hydrogen (secondary N) is 2. The zero-order chi connectivity index (χ0) is 26.5. The number of benzene rings is 1. The number of aryl methyl sites for hydroxylation is 2. The minimum absolute atomic E-state index is 0.193. The fourth-order valence-electron chi connectivity index (χ4n) is 4.56. The highest BCUT2D eigenvalue weighted by Gasteiger charge is 2.41. The number of amides is 1. The van der Waals surface area contributed by atoms with E-state index in [1.54, 1.807) is 28.9 Å². The Morgan fingerprint density at radius 1 is 1.22 bits per heavy atom. The second-order valence-corrected chi connectivity index (χ2v) is 10.3. The Bertz CT molecular complexity index is 1160. The van der Waals surface area contributed by atoms with Crippen LogP contribution in [0.1, 0.15) is 67.2 Å². The van der Waals surface area contributed by atoms with Crippen LogP contribution in [0, 0.1) is 25.2 Å². The van der Waals surface area contributed by atoms with Crippen LogP contribution in [0.3, 0.4) is 0 Å². The Balaban J connectivity index is 2.02. The molecule has 9 nitrogen and oxygen atoms in total. The molecule has 3 rings (SSSR count). The molecule has 0 unspecified atom stereocenters. The number of rotatable bonds is 7. The van der Waals surface area contributed by atoms with Gasteiger partial charge in [-0.15, -0.1) is 0 Å². The highest BCUT2D eigenvalue weighted by Crippen LogP contribution is 2.38. The molecule has 0 atom stereocenters. The predicted octanol–water partition coefficient (Wildman–Crippen LogP) is 4.89. The van der Waals surface area contributed by atoms with Gasteiger partial charge in [-0.3, -0.25) is 9.48 Å². The van der Waals surface area contributed by atoms with E-state index in [2.05, 4.69) is 22.8 Å². The third kappa shape index (κ3) is 6.06. The minimum Gasteiger partial charge on any atom is -0.444 e. The first kappa shape index (κ1) is 26.8. The number of anilines is 2. The lowest BCUT2D eigenvalue weighted by Crippen LogP contribution is -2.49. The summed E-state index contributed by atoms with van der Waals surface area (Å²) >= 11 is 0. The van der Waals surface area contributed by atoms with Crippen LogP contribution < -0.4 is 10.6 Å². The zero-order valence-electron chi connectivity index (χ0n) is 22.0. The summed E-state index contributed by atoms with van der Waals surface area (Å²) < 4.78 is 7.33. The van der Waals surface area contributed by atoms with Crippen LogP contribution in [0.25, 0.3) is 6.08 Å². The van der Waals surface area contributed by atoms with Crippen molar-refractivity contribution in [2.75, 3.05) is 25.5 Å². The summed E-state index contributed by atoms with van der Waals surface area (Å²) in [6.07, 6.45) is 5.15. The number of aldehydes is 1. The fraction of sp³-hybridized carbons (Fsp3) is 0.481. The van der Waals surface area contributed by atoms with Crippen molar-refractivity contribution in [2.24, 2.45) is 0 Å². The van der Waals surface area contributed by atoms with Crippen LogP contribution >= 0.6 is 0 Å². The number of nitriles is 1. The van der Waals surface area contributed by atoms with Crippen molar-refractivity contribution in [3.63, 3.8) is 0 Å². The van der Waals surface area contributed by atoms with Crippen LogP contribution in [0.4, 0.5) is 16.3 Å². The predicted molar refractivity (Wildman–Crippen MR) is 140 cm³/mol. The number of ether oxygens (including phenoxy) is 1. The number of carbonyl (C=O) groups excluding carboxylic acids is 2. The van der Waals surface area contributed by atoms with Crippen molar-refractivity contribution >= 4 is 30.0 Å². The maximum atomic E-state index is 12.6. The summed E-state index contributed by atoms with van der Waals surface area (Å²) in [5, 5.41) is 20.9. The van der Waals surface area contributed by atoms with E-state index in [0.717, 1.165) is 23.1 Å². The molecular weight excluding hydrogens is 456 g/mol. The molecule has 1 saturated heterocycles. The summed E-state index contributed by atoms with van der Waals surface area (Å²) in [4.78, 5) is 26.6. The summed E-state index contributed by atoms with van der Waals surface area (Å²) in [6.45, 7) is 10.4. The van der Waals surface area contributed by atoms with Gasteiger partial charge in [0, 0.05) is 25.8 Å². The molecule has 0 spiro atoms. The number of carbonyl (C=O) groups is 2. The van der Waals surface area contributed by atoms with Crippen molar-refractivity contribution in [3.05, 3.63) is 46.8 Å². The molecule has 1 aliphatic heterocycles. The smallest absolute Gasteiger partial charge is 0.410 e. The van der Waals surface area contributed by atoms with E-state index in [0.29, 0.717) is 43.0 Å². The zero-order valence-corrected chi connectivity index (χ0v) is 22.0. The largest absolute Gasteiger partial charge is 0.444 e. The number of hydrogen-bond donors (Lipinski definition) is 2. The standard InChI is InChI=1S/C27H36N6O3/c1-19-15-20(2)17-21(16-19)30-24-22(18-34)23(7-12-29-6)33(31-24)27(8-11-28)9-13-32(14-10-27)25(35)36-26(3,4)5/h7,12,15-18,29H,8-10,13-14H2,1-6H3,(H,30,31)/b12-7-.